The Morgan fingerprint density at radius 1 is 0.411 bits per heavy atom. The van der Waals surface area contributed by atoms with E-state index in [1.165, 1.54) is 66.0 Å². The molecular formula is C54H38N2. The van der Waals surface area contributed by atoms with Crippen molar-refractivity contribution < 1.29 is 0 Å². The fourth-order valence-electron chi connectivity index (χ4n) is 9.36. The third kappa shape index (κ3) is 4.99. The molecule has 0 unspecified atom stereocenters. The summed E-state index contributed by atoms with van der Waals surface area (Å²) in [7, 11) is 0. The topological polar surface area (TPSA) is 17.8 Å². The van der Waals surface area contributed by atoms with Gasteiger partial charge in [-0.25, -0.2) is 4.98 Å². The summed E-state index contributed by atoms with van der Waals surface area (Å²) in [6.45, 7) is 4.76. The van der Waals surface area contributed by atoms with E-state index in [9.17, 15) is 0 Å². The summed E-state index contributed by atoms with van der Waals surface area (Å²) in [5.41, 5.74) is 17.7. The van der Waals surface area contributed by atoms with Gasteiger partial charge < -0.3 is 4.57 Å². The number of aromatic nitrogens is 2. The summed E-state index contributed by atoms with van der Waals surface area (Å²) >= 11 is 0. The molecule has 0 aliphatic heterocycles. The molecule has 0 amide bonds. The van der Waals surface area contributed by atoms with Crippen molar-refractivity contribution in [1.29, 1.82) is 0 Å². The van der Waals surface area contributed by atoms with E-state index in [0.29, 0.717) is 0 Å². The summed E-state index contributed by atoms with van der Waals surface area (Å²) in [6.07, 6.45) is 0. The van der Waals surface area contributed by atoms with E-state index in [2.05, 4.69) is 213 Å². The molecule has 0 bridgehead atoms. The Labute approximate surface area is 327 Å². The first-order valence-corrected chi connectivity index (χ1v) is 19.5. The minimum absolute atomic E-state index is 0.114. The predicted octanol–water partition coefficient (Wildman–Crippen LogP) is 14.3. The van der Waals surface area contributed by atoms with Gasteiger partial charge in [-0.2, -0.15) is 0 Å². The molecule has 8 aromatic carbocycles. The number of pyridine rings is 1. The van der Waals surface area contributed by atoms with Gasteiger partial charge in [-0.3, -0.25) is 0 Å². The predicted molar refractivity (Wildman–Crippen MR) is 235 cm³/mol. The fourth-order valence-corrected chi connectivity index (χ4v) is 9.36. The van der Waals surface area contributed by atoms with Gasteiger partial charge in [-0.15, -0.1) is 0 Å². The Bertz CT molecular complexity index is 3110. The molecule has 2 heteroatoms. The molecule has 2 nitrogen and oxygen atoms in total. The van der Waals surface area contributed by atoms with Crippen LogP contribution in [0, 0.1) is 0 Å². The van der Waals surface area contributed by atoms with Crippen molar-refractivity contribution in [3.8, 4) is 61.6 Å². The quantitative estimate of drug-likeness (QED) is 0.174. The lowest BCUT2D eigenvalue weighted by Gasteiger charge is -2.24. The normalized spacial score (nSPS) is 13.0. The van der Waals surface area contributed by atoms with Crippen LogP contribution in [0.4, 0.5) is 0 Å². The van der Waals surface area contributed by atoms with E-state index < -0.39 is 0 Å². The number of hydrogen-bond acceptors (Lipinski definition) is 1. The van der Waals surface area contributed by atoms with E-state index >= 15 is 0 Å². The first-order valence-electron chi connectivity index (χ1n) is 19.5. The van der Waals surface area contributed by atoms with E-state index in [4.69, 9.17) is 4.98 Å². The van der Waals surface area contributed by atoms with Crippen molar-refractivity contribution in [2.45, 2.75) is 19.3 Å². The van der Waals surface area contributed by atoms with Crippen LogP contribution in [0.15, 0.2) is 194 Å². The molecule has 0 N–H and O–H groups in total. The highest BCUT2D eigenvalue weighted by Gasteiger charge is 2.38. The Morgan fingerprint density at radius 3 is 1.79 bits per heavy atom. The van der Waals surface area contributed by atoms with Gasteiger partial charge in [0, 0.05) is 33.0 Å². The third-order valence-electron chi connectivity index (χ3n) is 11.9. The van der Waals surface area contributed by atoms with Gasteiger partial charge >= 0.3 is 0 Å². The molecule has 0 saturated carbocycles. The number of benzene rings is 8. The summed E-state index contributed by atoms with van der Waals surface area (Å²) < 4.78 is 2.38. The molecule has 10 aromatic rings. The summed E-state index contributed by atoms with van der Waals surface area (Å²) in [4.78, 5) is 5.34. The number of para-hydroxylation sites is 2. The first-order chi connectivity index (χ1) is 27.5. The number of nitrogens with zero attached hydrogens (tertiary/aromatic N) is 2. The molecule has 0 atom stereocenters. The molecule has 0 radical (unpaired) electrons. The second-order valence-corrected chi connectivity index (χ2v) is 15.6. The maximum absolute atomic E-state index is 5.34. The minimum Gasteiger partial charge on any atom is -0.309 e. The lowest BCUT2D eigenvalue weighted by atomic mass is 9.79. The molecule has 2 heterocycles. The fraction of sp³-hybridized carbons (Fsp3) is 0.0556. The molecule has 0 saturated heterocycles. The largest absolute Gasteiger partial charge is 0.309 e. The second-order valence-electron chi connectivity index (χ2n) is 15.6. The molecule has 1 aliphatic rings. The Morgan fingerprint density at radius 2 is 1.00 bits per heavy atom. The molecule has 0 fully saturated rings. The minimum atomic E-state index is -0.114. The summed E-state index contributed by atoms with van der Waals surface area (Å²) in [6, 6.07) is 70.6. The van der Waals surface area contributed by atoms with Gasteiger partial charge in [0.1, 0.15) is 0 Å². The van der Waals surface area contributed by atoms with Gasteiger partial charge in [0.25, 0.3) is 0 Å². The van der Waals surface area contributed by atoms with Gasteiger partial charge in [0.05, 0.1) is 22.4 Å². The van der Waals surface area contributed by atoms with Crippen LogP contribution in [-0.4, -0.2) is 9.55 Å². The lowest BCUT2D eigenvalue weighted by Crippen LogP contribution is -2.15. The van der Waals surface area contributed by atoms with Crippen molar-refractivity contribution >= 4 is 32.6 Å². The number of hydrogen-bond donors (Lipinski definition) is 0. The number of fused-ring (bicyclic) bond motifs is 8. The van der Waals surface area contributed by atoms with Crippen LogP contribution in [0.25, 0.3) is 94.2 Å². The van der Waals surface area contributed by atoms with Gasteiger partial charge in [0.2, 0.25) is 0 Å². The Balaban J connectivity index is 1.10. The zero-order valence-corrected chi connectivity index (χ0v) is 31.4. The molecule has 264 valence electrons. The van der Waals surface area contributed by atoms with Crippen molar-refractivity contribution in [2.24, 2.45) is 0 Å². The standard InChI is InChI=1S/C54H38N2/c1-54(2)47-27-11-8-26-45(47)52-46(32-38-18-6-7-23-42(38)53(52)54)37-20-14-19-36(30-37)40-33-48(35-16-4-3-5-17-35)55-49(34-40)39-21-15-22-41(31-39)56-50-28-12-9-24-43(50)44-25-10-13-29-51(44)56/h3-34H,1-2H3. The number of rotatable bonds is 5. The van der Waals surface area contributed by atoms with Gasteiger partial charge in [0.15, 0.2) is 0 Å². The average molecular weight is 715 g/mol. The highest BCUT2D eigenvalue weighted by atomic mass is 15.0. The smallest absolute Gasteiger partial charge is 0.0716 e. The summed E-state index contributed by atoms with van der Waals surface area (Å²) in [5.74, 6) is 0. The molecule has 2 aromatic heterocycles. The van der Waals surface area contributed by atoms with Crippen molar-refractivity contribution in [3.05, 3.63) is 205 Å². The zero-order chi connectivity index (χ0) is 37.4. The van der Waals surface area contributed by atoms with Crippen LogP contribution in [0.1, 0.15) is 25.0 Å². The van der Waals surface area contributed by atoms with E-state index in [1.807, 2.05) is 0 Å². The van der Waals surface area contributed by atoms with Crippen LogP contribution >= 0.6 is 0 Å². The van der Waals surface area contributed by atoms with Gasteiger partial charge in [-0.05, 0) is 104 Å². The SMILES string of the molecule is CC1(C)c2ccccc2-c2c(-c3cccc(-c4cc(-c5ccccc5)nc(-c5cccc(-n6c7ccccc7c7ccccc76)c5)c4)c3)cc3ccccc3c21. The molecule has 1 aliphatic carbocycles. The zero-order valence-electron chi connectivity index (χ0n) is 31.4. The van der Waals surface area contributed by atoms with E-state index in [1.54, 1.807) is 0 Å². The van der Waals surface area contributed by atoms with Crippen molar-refractivity contribution in [3.63, 3.8) is 0 Å². The highest BCUT2D eigenvalue weighted by molar-refractivity contribution is 6.09. The monoisotopic (exact) mass is 714 g/mol. The van der Waals surface area contributed by atoms with Crippen LogP contribution in [0.5, 0.6) is 0 Å². The maximum atomic E-state index is 5.34. The van der Waals surface area contributed by atoms with Crippen LogP contribution in [-0.2, 0) is 5.41 Å². The third-order valence-corrected chi connectivity index (χ3v) is 11.9. The van der Waals surface area contributed by atoms with E-state index in [0.717, 1.165) is 39.3 Å². The van der Waals surface area contributed by atoms with Gasteiger partial charge in [-0.1, -0.05) is 159 Å². The molecule has 11 rings (SSSR count). The second kappa shape index (κ2) is 12.5. The van der Waals surface area contributed by atoms with Crippen LogP contribution in [0.3, 0.4) is 0 Å². The molecule has 56 heavy (non-hydrogen) atoms. The Kier molecular flexibility index (Phi) is 7.24. The first kappa shape index (κ1) is 32.4. The molecular weight excluding hydrogens is 677 g/mol. The van der Waals surface area contributed by atoms with Crippen molar-refractivity contribution in [1.82, 2.24) is 9.55 Å². The van der Waals surface area contributed by atoms with E-state index in [-0.39, 0.29) is 5.41 Å². The summed E-state index contributed by atoms with van der Waals surface area (Å²) in [5, 5.41) is 5.11. The molecule has 0 spiro atoms. The Hall–Kier alpha value is -7.03. The van der Waals surface area contributed by atoms with Crippen LogP contribution in [0.2, 0.25) is 0 Å². The highest BCUT2D eigenvalue weighted by Crippen LogP contribution is 2.55. The van der Waals surface area contributed by atoms with Crippen molar-refractivity contribution in [2.75, 3.05) is 0 Å². The lowest BCUT2D eigenvalue weighted by molar-refractivity contribution is 0.666. The van der Waals surface area contributed by atoms with Crippen LogP contribution < -0.4 is 0 Å². The maximum Gasteiger partial charge on any atom is 0.0716 e. The average Bonchev–Trinajstić information content (AvgIpc) is 3.72.